The van der Waals surface area contributed by atoms with Crippen molar-refractivity contribution in [3.63, 3.8) is 0 Å². The summed E-state index contributed by atoms with van der Waals surface area (Å²) in [6.45, 7) is 3.52. The minimum Gasteiger partial charge on any atom is -0.494 e. The van der Waals surface area contributed by atoms with Gasteiger partial charge in [-0.3, -0.25) is 4.79 Å². The summed E-state index contributed by atoms with van der Waals surface area (Å²) in [7, 11) is -3.19. The zero-order valence-electron chi connectivity index (χ0n) is 14.2. The van der Waals surface area contributed by atoms with Crippen LogP contribution in [0.1, 0.15) is 32.6 Å². The topological polar surface area (TPSA) is 84.5 Å². The van der Waals surface area contributed by atoms with E-state index < -0.39 is 9.84 Å². The van der Waals surface area contributed by atoms with Gasteiger partial charge in [0, 0.05) is 24.8 Å². The van der Waals surface area contributed by atoms with E-state index in [4.69, 9.17) is 4.74 Å². The van der Waals surface area contributed by atoms with Gasteiger partial charge in [0.05, 0.1) is 11.5 Å². The van der Waals surface area contributed by atoms with Crippen molar-refractivity contribution in [1.29, 1.82) is 0 Å². The highest BCUT2D eigenvalue weighted by Crippen LogP contribution is 2.16. The molecule has 1 aromatic carbocycles. The molecule has 2 unspecified atom stereocenters. The minimum absolute atomic E-state index is 0.0478. The van der Waals surface area contributed by atoms with E-state index in [0.29, 0.717) is 31.2 Å². The second-order valence-electron chi connectivity index (χ2n) is 6.25. The molecule has 1 amide bonds. The minimum atomic E-state index is -3.19. The second kappa shape index (κ2) is 8.48. The van der Waals surface area contributed by atoms with Crippen LogP contribution in [0, 0.1) is 0 Å². The third-order valence-corrected chi connectivity index (χ3v) is 5.31. The summed E-state index contributed by atoms with van der Waals surface area (Å²) < 4.78 is 28.3. The predicted molar refractivity (Wildman–Crippen MR) is 92.9 cm³/mol. The van der Waals surface area contributed by atoms with Crippen LogP contribution >= 0.6 is 0 Å². The first-order valence-corrected chi connectivity index (χ1v) is 10.2. The van der Waals surface area contributed by atoms with Crippen LogP contribution in [0.15, 0.2) is 29.2 Å². The maximum absolute atomic E-state index is 12.0. The molecule has 0 spiro atoms. The van der Waals surface area contributed by atoms with Crippen LogP contribution in [0.5, 0.6) is 5.75 Å². The summed E-state index contributed by atoms with van der Waals surface area (Å²) in [5, 5.41) is 6.43. The van der Waals surface area contributed by atoms with E-state index in [-0.39, 0.29) is 16.8 Å². The highest BCUT2D eigenvalue weighted by atomic mass is 32.2. The number of carbonyl (C=O) groups excluding carboxylic acids is 1. The smallest absolute Gasteiger partial charge is 0.220 e. The molecular weight excluding hydrogens is 328 g/mol. The SMILES string of the molecule is CC1NCCCC1NC(=O)CCCOc1ccc(S(C)(=O)=O)cc1. The number of carbonyl (C=O) groups is 1. The van der Waals surface area contributed by atoms with Crippen molar-refractivity contribution in [2.24, 2.45) is 0 Å². The lowest BCUT2D eigenvalue weighted by molar-refractivity contribution is -0.122. The molecule has 24 heavy (non-hydrogen) atoms. The highest BCUT2D eigenvalue weighted by molar-refractivity contribution is 7.90. The normalized spacial score (nSPS) is 21.2. The van der Waals surface area contributed by atoms with Crippen LogP contribution in [0.4, 0.5) is 0 Å². The number of hydrogen-bond donors (Lipinski definition) is 2. The van der Waals surface area contributed by atoms with E-state index in [2.05, 4.69) is 17.6 Å². The maximum atomic E-state index is 12.0. The zero-order valence-corrected chi connectivity index (χ0v) is 15.1. The van der Waals surface area contributed by atoms with E-state index >= 15 is 0 Å². The lowest BCUT2D eigenvalue weighted by atomic mass is 10.00. The Kier molecular flexibility index (Phi) is 6.62. The van der Waals surface area contributed by atoms with Gasteiger partial charge in [0.15, 0.2) is 9.84 Å². The average molecular weight is 354 g/mol. The molecule has 7 heteroatoms. The third-order valence-electron chi connectivity index (χ3n) is 4.18. The van der Waals surface area contributed by atoms with Gasteiger partial charge < -0.3 is 15.4 Å². The van der Waals surface area contributed by atoms with Crippen molar-refractivity contribution in [3.05, 3.63) is 24.3 Å². The molecule has 0 saturated carbocycles. The van der Waals surface area contributed by atoms with Crippen molar-refractivity contribution < 1.29 is 17.9 Å². The number of hydrogen-bond acceptors (Lipinski definition) is 5. The van der Waals surface area contributed by atoms with E-state index in [0.717, 1.165) is 19.4 Å². The number of ether oxygens (including phenoxy) is 1. The summed E-state index contributed by atoms with van der Waals surface area (Å²) in [4.78, 5) is 12.2. The van der Waals surface area contributed by atoms with Gasteiger partial charge in [0.25, 0.3) is 0 Å². The third kappa shape index (κ3) is 5.79. The van der Waals surface area contributed by atoms with E-state index in [1.54, 1.807) is 12.1 Å². The molecule has 2 N–H and O–H groups in total. The molecule has 1 heterocycles. The fraction of sp³-hybridized carbons (Fsp3) is 0.588. The summed E-state index contributed by atoms with van der Waals surface area (Å²) in [5.41, 5.74) is 0. The molecule has 1 aliphatic heterocycles. The van der Waals surface area contributed by atoms with Crippen LogP contribution in [-0.2, 0) is 14.6 Å². The molecule has 1 fully saturated rings. The summed E-state index contributed by atoms with van der Waals surface area (Å²) in [6.07, 6.45) is 4.31. The molecule has 0 aliphatic carbocycles. The maximum Gasteiger partial charge on any atom is 0.220 e. The van der Waals surface area contributed by atoms with Gasteiger partial charge in [-0.1, -0.05) is 0 Å². The number of benzene rings is 1. The van der Waals surface area contributed by atoms with Gasteiger partial charge in [-0.2, -0.15) is 0 Å². The monoisotopic (exact) mass is 354 g/mol. The Bertz CT molecular complexity index is 643. The second-order valence-corrected chi connectivity index (χ2v) is 8.27. The molecule has 134 valence electrons. The van der Waals surface area contributed by atoms with E-state index in [9.17, 15) is 13.2 Å². The Morgan fingerprint density at radius 3 is 2.67 bits per heavy atom. The molecule has 1 aromatic rings. The van der Waals surface area contributed by atoms with Gasteiger partial charge in [0.1, 0.15) is 5.75 Å². The van der Waals surface area contributed by atoms with E-state index in [1.165, 1.54) is 18.4 Å². The number of amides is 1. The molecule has 0 bridgehead atoms. The van der Waals surface area contributed by atoms with Crippen molar-refractivity contribution in [1.82, 2.24) is 10.6 Å². The average Bonchev–Trinajstić information content (AvgIpc) is 2.53. The number of sulfone groups is 1. The van der Waals surface area contributed by atoms with Gasteiger partial charge >= 0.3 is 0 Å². The first-order chi connectivity index (χ1) is 11.4. The Labute approximate surface area is 143 Å². The highest BCUT2D eigenvalue weighted by Gasteiger charge is 2.21. The first kappa shape index (κ1) is 18.7. The largest absolute Gasteiger partial charge is 0.494 e. The Morgan fingerprint density at radius 1 is 1.33 bits per heavy atom. The Morgan fingerprint density at radius 2 is 2.04 bits per heavy atom. The number of nitrogens with one attached hydrogen (secondary N) is 2. The van der Waals surface area contributed by atoms with Crippen LogP contribution in [0.25, 0.3) is 0 Å². The predicted octanol–water partition coefficient (Wildman–Crippen LogP) is 1.51. The summed E-state index contributed by atoms with van der Waals surface area (Å²) in [5.74, 6) is 0.652. The molecule has 1 saturated heterocycles. The van der Waals surface area contributed by atoms with Gasteiger partial charge in [-0.25, -0.2) is 8.42 Å². The van der Waals surface area contributed by atoms with Crippen LogP contribution in [0.2, 0.25) is 0 Å². The lowest BCUT2D eigenvalue weighted by Crippen LogP contribution is -2.51. The fourth-order valence-corrected chi connectivity index (χ4v) is 3.36. The molecule has 1 aliphatic rings. The molecule has 2 rings (SSSR count). The zero-order chi connectivity index (χ0) is 17.6. The Balaban J connectivity index is 1.68. The first-order valence-electron chi connectivity index (χ1n) is 8.32. The molecule has 2 atom stereocenters. The number of rotatable bonds is 7. The van der Waals surface area contributed by atoms with E-state index in [1.807, 2.05) is 0 Å². The van der Waals surface area contributed by atoms with Crippen LogP contribution < -0.4 is 15.4 Å². The molecule has 0 radical (unpaired) electrons. The number of piperidine rings is 1. The van der Waals surface area contributed by atoms with Crippen molar-refractivity contribution in [3.8, 4) is 5.75 Å². The fourth-order valence-electron chi connectivity index (χ4n) is 2.73. The van der Waals surface area contributed by atoms with Gasteiger partial charge in [0.2, 0.25) is 5.91 Å². The van der Waals surface area contributed by atoms with Crippen molar-refractivity contribution in [2.45, 2.75) is 49.6 Å². The van der Waals surface area contributed by atoms with Gasteiger partial charge in [-0.15, -0.1) is 0 Å². The quantitative estimate of drug-likeness (QED) is 0.725. The standard InChI is InChI=1S/C17H26N2O4S/c1-13-16(5-3-11-18-13)19-17(20)6-4-12-23-14-7-9-15(10-8-14)24(2,21)22/h7-10,13,16,18H,3-6,11-12H2,1-2H3,(H,19,20). The van der Waals surface area contributed by atoms with Crippen LogP contribution in [0.3, 0.4) is 0 Å². The van der Waals surface area contributed by atoms with Gasteiger partial charge in [-0.05, 0) is 57.0 Å². The lowest BCUT2D eigenvalue weighted by Gasteiger charge is -2.30. The molecular formula is C17H26N2O4S. The summed E-state index contributed by atoms with van der Waals surface area (Å²) >= 11 is 0. The molecule has 0 aromatic heterocycles. The van der Waals surface area contributed by atoms with Crippen molar-refractivity contribution in [2.75, 3.05) is 19.4 Å². The van der Waals surface area contributed by atoms with Crippen molar-refractivity contribution >= 4 is 15.7 Å². The van der Waals surface area contributed by atoms with Crippen LogP contribution in [-0.4, -0.2) is 45.8 Å². The Hall–Kier alpha value is -1.60. The summed E-state index contributed by atoms with van der Waals surface area (Å²) in [6, 6.07) is 6.82. The molecule has 6 nitrogen and oxygen atoms in total.